The van der Waals surface area contributed by atoms with E-state index >= 15 is 0 Å². The van der Waals surface area contributed by atoms with Crippen LogP contribution in [-0.2, 0) is 5.41 Å². The molecule has 3 unspecified atom stereocenters. The van der Waals surface area contributed by atoms with Crippen molar-refractivity contribution in [3.05, 3.63) is 101 Å². The molecule has 1 aliphatic heterocycles. The van der Waals surface area contributed by atoms with E-state index in [4.69, 9.17) is 4.98 Å². The van der Waals surface area contributed by atoms with E-state index in [0.29, 0.717) is 11.8 Å². The predicted molar refractivity (Wildman–Crippen MR) is 144 cm³/mol. The minimum atomic E-state index is -0.566. The number of aromatic amines is 1. The van der Waals surface area contributed by atoms with E-state index in [1.54, 1.807) is 0 Å². The number of aromatic nitrogens is 2. The van der Waals surface area contributed by atoms with Gasteiger partial charge in [-0.25, -0.2) is 4.98 Å². The normalized spacial score (nSPS) is 27.2. The molecular formula is C32H35N3O. The first kappa shape index (κ1) is 22.3. The van der Waals surface area contributed by atoms with Gasteiger partial charge in [0, 0.05) is 12.5 Å². The van der Waals surface area contributed by atoms with E-state index < -0.39 is 5.60 Å². The molecule has 2 bridgehead atoms. The summed E-state index contributed by atoms with van der Waals surface area (Å²) in [4.78, 5) is 11.3. The van der Waals surface area contributed by atoms with Crippen LogP contribution in [0.15, 0.2) is 78.9 Å². The van der Waals surface area contributed by atoms with Gasteiger partial charge in [-0.15, -0.1) is 0 Å². The molecule has 1 saturated carbocycles. The molecule has 36 heavy (non-hydrogen) atoms. The number of likely N-dealkylation sites (tertiary alicyclic amines) is 1. The Balaban J connectivity index is 1.10. The van der Waals surface area contributed by atoms with Crippen molar-refractivity contribution in [3.8, 4) is 0 Å². The summed E-state index contributed by atoms with van der Waals surface area (Å²) >= 11 is 0. The van der Waals surface area contributed by atoms with Crippen molar-refractivity contribution < 1.29 is 5.11 Å². The van der Waals surface area contributed by atoms with Crippen molar-refractivity contribution in [3.63, 3.8) is 0 Å². The van der Waals surface area contributed by atoms with E-state index in [1.165, 1.54) is 23.1 Å². The molecule has 184 valence electrons. The molecule has 0 spiro atoms. The zero-order valence-electron chi connectivity index (χ0n) is 20.9. The molecule has 4 heteroatoms. The maximum absolute atomic E-state index is 11.8. The highest BCUT2D eigenvalue weighted by molar-refractivity contribution is 5.75. The minimum Gasteiger partial charge on any atom is -0.389 e. The second-order valence-corrected chi connectivity index (χ2v) is 11.4. The van der Waals surface area contributed by atoms with Gasteiger partial charge in [-0.3, -0.25) is 0 Å². The van der Waals surface area contributed by atoms with Crippen molar-refractivity contribution in [2.24, 2.45) is 0 Å². The lowest BCUT2D eigenvalue weighted by molar-refractivity contribution is -0.0479. The largest absolute Gasteiger partial charge is 0.389 e. The first-order chi connectivity index (χ1) is 17.6. The molecule has 1 aromatic heterocycles. The molecule has 0 amide bonds. The SMILES string of the molecule is OC1(CCN2CCC(c3ccccc3)(c3nc4ccccc4[nH]3)CC2)CC2CCC1c1ccccc12. The van der Waals surface area contributed by atoms with Gasteiger partial charge >= 0.3 is 0 Å². The average Bonchev–Trinajstić information content (AvgIpc) is 3.38. The molecule has 3 atom stereocenters. The van der Waals surface area contributed by atoms with E-state index in [1.807, 2.05) is 0 Å². The van der Waals surface area contributed by atoms with Gasteiger partial charge in [0.15, 0.2) is 0 Å². The fourth-order valence-corrected chi connectivity index (χ4v) is 7.60. The number of para-hydroxylation sites is 2. The summed E-state index contributed by atoms with van der Waals surface area (Å²) in [5.41, 5.74) is 5.74. The van der Waals surface area contributed by atoms with Gasteiger partial charge in [0.25, 0.3) is 0 Å². The zero-order valence-corrected chi connectivity index (χ0v) is 20.9. The summed E-state index contributed by atoms with van der Waals surface area (Å²) in [7, 11) is 0. The standard InChI is InChI=1S/C32H35N3O/c36-32(22-23-14-15-27(32)26-11-5-4-10-25(23)26)18-21-35-19-16-31(17-20-35,24-8-2-1-3-9-24)30-33-28-12-6-7-13-29(28)34-30/h1-13,23,27,36H,14-22H2,(H,33,34). The molecule has 0 radical (unpaired) electrons. The van der Waals surface area contributed by atoms with Crippen LogP contribution in [0, 0.1) is 0 Å². The summed E-state index contributed by atoms with van der Waals surface area (Å²) in [6, 6.07) is 28.1. The van der Waals surface area contributed by atoms with E-state index in [9.17, 15) is 5.11 Å². The van der Waals surface area contributed by atoms with Crippen LogP contribution in [0.25, 0.3) is 11.0 Å². The molecule has 2 fully saturated rings. The lowest BCUT2D eigenvalue weighted by Crippen LogP contribution is -2.49. The Kier molecular flexibility index (Phi) is 5.30. The zero-order chi connectivity index (χ0) is 24.2. The summed E-state index contributed by atoms with van der Waals surface area (Å²) in [6.45, 7) is 3.01. The van der Waals surface area contributed by atoms with Crippen LogP contribution in [-0.4, -0.2) is 45.2 Å². The summed E-state index contributed by atoms with van der Waals surface area (Å²) in [6.07, 6.45) is 6.21. The van der Waals surface area contributed by atoms with Crippen LogP contribution in [0.4, 0.5) is 0 Å². The lowest BCUT2D eigenvalue weighted by atomic mass is 9.58. The number of fused-ring (bicyclic) bond motifs is 3. The molecule has 4 aromatic rings. The van der Waals surface area contributed by atoms with Gasteiger partial charge in [0.1, 0.15) is 5.82 Å². The van der Waals surface area contributed by atoms with Gasteiger partial charge in [0.2, 0.25) is 0 Å². The summed E-state index contributed by atoms with van der Waals surface area (Å²) < 4.78 is 0. The van der Waals surface area contributed by atoms with Gasteiger partial charge in [-0.2, -0.15) is 0 Å². The predicted octanol–water partition coefficient (Wildman–Crippen LogP) is 6.13. The monoisotopic (exact) mass is 477 g/mol. The Labute approximate surface area is 213 Å². The second kappa shape index (κ2) is 8.57. The number of hydrogen-bond donors (Lipinski definition) is 2. The molecule has 2 heterocycles. The molecule has 3 aliphatic carbocycles. The number of benzene rings is 3. The Bertz CT molecular complexity index is 1340. The maximum atomic E-state index is 11.8. The van der Waals surface area contributed by atoms with E-state index in [-0.39, 0.29) is 5.41 Å². The fourth-order valence-electron chi connectivity index (χ4n) is 7.60. The van der Waals surface area contributed by atoms with Gasteiger partial charge in [-0.05, 0) is 86.4 Å². The number of aliphatic hydroxyl groups is 1. The number of H-pyrrole nitrogens is 1. The van der Waals surface area contributed by atoms with Crippen molar-refractivity contribution in [2.45, 2.75) is 61.4 Å². The topological polar surface area (TPSA) is 52.1 Å². The fraction of sp³-hybridized carbons (Fsp3) is 0.406. The molecule has 2 N–H and O–H groups in total. The second-order valence-electron chi connectivity index (χ2n) is 11.4. The van der Waals surface area contributed by atoms with Crippen molar-refractivity contribution in [1.82, 2.24) is 14.9 Å². The van der Waals surface area contributed by atoms with Crippen molar-refractivity contribution >= 4 is 11.0 Å². The van der Waals surface area contributed by atoms with Crippen LogP contribution in [0.2, 0.25) is 0 Å². The van der Waals surface area contributed by atoms with Crippen LogP contribution in [0.3, 0.4) is 0 Å². The van der Waals surface area contributed by atoms with Gasteiger partial charge < -0.3 is 15.0 Å². The molecular weight excluding hydrogens is 442 g/mol. The Morgan fingerprint density at radius 2 is 1.58 bits per heavy atom. The minimum absolute atomic E-state index is 0.101. The highest BCUT2D eigenvalue weighted by Gasteiger charge is 2.49. The smallest absolute Gasteiger partial charge is 0.118 e. The molecule has 8 rings (SSSR count). The van der Waals surface area contributed by atoms with Gasteiger partial charge in [-0.1, -0.05) is 66.7 Å². The first-order valence-electron chi connectivity index (χ1n) is 13.7. The van der Waals surface area contributed by atoms with Crippen LogP contribution < -0.4 is 0 Å². The first-order valence-corrected chi connectivity index (χ1v) is 13.7. The Hall–Kier alpha value is -2.95. The molecule has 4 nitrogen and oxygen atoms in total. The quantitative estimate of drug-likeness (QED) is 0.363. The Morgan fingerprint density at radius 3 is 2.39 bits per heavy atom. The van der Waals surface area contributed by atoms with E-state index in [2.05, 4.69) is 88.7 Å². The number of rotatable bonds is 5. The van der Waals surface area contributed by atoms with E-state index in [0.717, 1.165) is 68.6 Å². The molecule has 4 aliphatic rings. The van der Waals surface area contributed by atoms with Crippen LogP contribution >= 0.6 is 0 Å². The highest BCUT2D eigenvalue weighted by Crippen LogP contribution is 2.55. The third-order valence-corrected chi connectivity index (χ3v) is 9.60. The maximum Gasteiger partial charge on any atom is 0.118 e. The lowest BCUT2D eigenvalue weighted by Gasteiger charge is -2.50. The number of nitrogens with zero attached hydrogens (tertiary/aromatic N) is 2. The third kappa shape index (κ3) is 3.54. The van der Waals surface area contributed by atoms with Gasteiger partial charge in [0.05, 0.1) is 22.0 Å². The van der Waals surface area contributed by atoms with Crippen molar-refractivity contribution in [2.75, 3.05) is 19.6 Å². The average molecular weight is 478 g/mol. The number of hydrogen-bond acceptors (Lipinski definition) is 3. The summed E-state index contributed by atoms with van der Waals surface area (Å²) in [5.74, 6) is 1.91. The summed E-state index contributed by atoms with van der Waals surface area (Å²) in [5, 5.41) is 11.8. The van der Waals surface area contributed by atoms with Crippen LogP contribution in [0.1, 0.15) is 72.9 Å². The van der Waals surface area contributed by atoms with Crippen molar-refractivity contribution in [1.29, 1.82) is 0 Å². The van der Waals surface area contributed by atoms with Crippen LogP contribution in [0.5, 0.6) is 0 Å². The Morgan fingerprint density at radius 1 is 0.861 bits per heavy atom. The number of nitrogens with one attached hydrogen (secondary N) is 1. The third-order valence-electron chi connectivity index (χ3n) is 9.60. The molecule has 1 saturated heterocycles. The number of piperidine rings is 1. The number of imidazole rings is 1. The highest BCUT2D eigenvalue weighted by atomic mass is 16.3. The molecule has 3 aromatic carbocycles.